The summed E-state index contributed by atoms with van der Waals surface area (Å²) in [6.07, 6.45) is 1.52. The number of hydrogen-bond donors (Lipinski definition) is 3. The summed E-state index contributed by atoms with van der Waals surface area (Å²) in [6.45, 7) is 3.50. The highest BCUT2D eigenvalue weighted by molar-refractivity contribution is 5.85. The summed E-state index contributed by atoms with van der Waals surface area (Å²) in [7, 11) is 0. The monoisotopic (exact) mass is 201 g/mol. The summed E-state index contributed by atoms with van der Waals surface area (Å²) in [5.41, 5.74) is 6.14. The van der Waals surface area contributed by atoms with Crippen LogP contribution in [0, 0.1) is 0 Å². The van der Waals surface area contributed by atoms with E-state index in [1.165, 1.54) is 18.2 Å². The largest absolute Gasteiger partial charge is 0.508 e. The van der Waals surface area contributed by atoms with Gasteiger partial charge in [-0.25, -0.2) is 0 Å². The molecule has 0 fully saturated rings. The van der Waals surface area contributed by atoms with Gasteiger partial charge in [0, 0.05) is 11.6 Å². The molecule has 0 saturated carbocycles. The topological polar surface area (TPSA) is 66.5 Å². The van der Waals surface area contributed by atoms with Crippen molar-refractivity contribution in [3.8, 4) is 11.5 Å². The zero-order valence-corrected chi connectivity index (χ0v) is 7.79. The highest BCUT2D eigenvalue weighted by Gasteiger charge is 2.06. The summed E-state index contributed by atoms with van der Waals surface area (Å²) >= 11 is 0. The molecule has 13 heavy (non-hydrogen) atoms. The predicted octanol–water partition coefficient (Wildman–Crippen LogP) is 1.71. The maximum atomic E-state index is 9.31. The van der Waals surface area contributed by atoms with Crippen molar-refractivity contribution in [2.45, 2.75) is 6.04 Å². The van der Waals surface area contributed by atoms with E-state index in [1.54, 1.807) is 6.07 Å². The number of nitrogens with two attached hydrogens (primary N) is 1. The lowest BCUT2D eigenvalue weighted by Gasteiger charge is -2.08. The van der Waals surface area contributed by atoms with Crippen molar-refractivity contribution in [1.82, 2.24) is 0 Å². The third-order valence-electron chi connectivity index (χ3n) is 1.63. The molecule has 0 aliphatic heterocycles. The van der Waals surface area contributed by atoms with Crippen molar-refractivity contribution < 1.29 is 10.2 Å². The summed E-state index contributed by atoms with van der Waals surface area (Å²) in [6, 6.07) is 3.89. The third kappa shape index (κ3) is 2.65. The average Bonchev–Trinajstić information content (AvgIpc) is 2.03. The number of rotatable bonds is 2. The highest BCUT2D eigenvalue weighted by Crippen LogP contribution is 2.26. The standard InChI is InChI=1S/C9H11NO2.ClH/c1-2-8(10)7-4-3-6(11)5-9(7)12;/h2-5,8,11-12H,1,10H2;1H/t8-;/m1./s1. The smallest absolute Gasteiger partial charge is 0.124 e. The third-order valence-corrected chi connectivity index (χ3v) is 1.63. The van der Waals surface area contributed by atoms with Gasteiger partial charge in [-0.2, -0.15) is 0 Å². The van der Waals surface area contributed by atoms with E-state index in [4.69, 9.17) is 10.8 Å². The molecule has 0 spiro atoms. The van der Waals surface area contributed by atoms with E-state index in [-0.39, 0.29) is 23.9 Å². The zero-order chi connectivity index (χ0) is 9.14. The molecule has 0 unspecified atom stereocenters. The second kappa shape index (κ2) is 4.74. The number of benzene rings is 1. The summed E-state index contributed by atoms with van der Waals surface area (Å²) in [5, 5.41) is 18.3. The molecule has 3 nitrogen and oxygen atoms in total. The second-order valence-electron chi connectivity index (χ2n) is 2.50. The molecular formula is C9H12ClNO2. The van der Waals surface area contributed by atoms with Gasteiger partial charge in [0.25, 0.3) is 0 Å². The van der Waals surface area contributed by atoms with E-state index in [2.05, 4.69) is 6.58 Å². The molecule has 0 aromatic heterocycles. The van der Waals surface area contributed by atoms with E-state index >= 15 is 0 Å². The van der Waals surface area contributed by atoms with E-state index in [0.717, 1.165) is 0 Å². The van der Waals surface area contributed by atoms with E-state index in [1.807, 2.05) is 0 Å². The Morgan fingerprint density at radius 3 is 2.46 bits per heavy atom. The fraction of sp³-hybridized carbons (Fsp3) is 0.111. The Morgan fingerprint density at radius 2 is 2.00 bits per heavy atom. The Labute approximate surface area is 82.9 Å². The van der Waals surface area contributed by atoms with Crippen molar-refractivity contribution in [3.63, 3.8) is 0 Å². The van der Waals surface area contributed by atoms with Crippen LogP contribution in [0.5, 0.6) is 11.5 Å². The van der Waals surface area contributed by atoms with Gasteiger partial charge in [-0.3, -0.25) is 0 Å². The minimum Gasteiger partial charge on any atom is -0.508 e. The first-order valence-electron chi connectivity index (χ1n) is 3.55. The first-order chi connectivity index (χ1) is 5.65. The average molecular weight is 202 g/mol. The quantitative estimate of drug-likeness (QED) is 0.639. The lowest BCUT2D eigenvalue weighted by Crippen LogP contribution is -2.06. The Morgan fingerprint density at radius 1 is 1.38 bits per heavy atom. The van der Waals surface area contributed by atoms with Crippen molar-refractivity contribution in [3.05, 3.63) is 36.4 Å². The molecule has 1 atom stereocenters. The van der Waals surface area contributed by atoms with Crippen LogP contribution >= 0.6 is 12.4 Å². The first kappa shape index (κ1) is 11.8. The van der Waals surface area contributed by atoms with Crippen LogP contribution < -0.4 is 5.73 Å². The van der Waals surface area contributed by atoms with Crippen LogP contribution in [0.3, 0.4) is 0 Å². The van der Waals surface area contributed by atoms with Gasteiger partial charge in [0.15, 0.2) is 0 Å². The van der Waals surface area contributed by atoms with Gasteiger partial charge >= 0.3 is 0 Å². The van der Waals surface area contributed by atoms with Gasteiger partial charge in [0.1, 0.15) is 11.5 Å². The lowest BCUT2D eigenvalue weighted by atomic mass is 10.1. The second-order valence-corrected chi connectivity index (χ2v) is 2.50. The van der Waals surface area contributed by atoms with Gasteiger partial charge in [0.05, 0.1) is 6.04 Å². The van der Waals surface area contributed by atoms with Crippen molar-refractivity contribution in [2.24, 2.45) is 5.73 Å². The van der Waals surface area contributed by atoms with Crippen LogP contribution in [-0.2, 0) is 0 Å². The fourth-order valence-electron chi connectivity index (χ4n) is 0.941. The fourth-order valence-corrected chi connectivity index (χ4v) is 0.941. The molecule has 0 saturated heterocycles. The lowest BCUT2D eigenvalue weighted by molar-refractivity contribution is 0.444. The molecule has 0 radical (unpaired) electrons. The van der Waals surface area contributed by atoms with Crippen LogP contribution in [0.15, 0.2) is 30.9 Å². The van der Waals surface area contributed by atoms with Crippen molar-refractivity contribution in [2.75, 3.05) is 0 Å². The summed E-state index contributed by atoms with van der Waals surface area (Å²) < 4.78 is 0. The van der Waals surface area contributed by atoms with Crippen LogP contribution in [0.1, 0.15) is 11.6 Å². The van der Waals surface area contributed by atoms with Crippen LogP contribution in [-0.4, -0.2) is 10.2 Å². The normalized spacial score (nSPS) is 11.5. The SMILES string of the molecule is C=C[C@@H](N)c1ccc(O)cc1O.Cl. The molecule has 0 amide bonds. The molecule has 0 bridgehead atoms. The molecule has 1 aromatic rings. The van der Waals surface area contributed by atoms with Crippen molar-refractivity contribution >= 4 is 12.4 Å². The summed E-state index contributed by atoms with van der Waals surface area (Å²) in [5.74, 6) is 0.00918. The molecular weight excluding hydrogens is 190 g/mol. The number of phenolic OH excluding ortho intramolecular Hbond substituents is 2. The Hall–Kier alpha value is -1.19. The Bertz CT molecular complexity index is 302. The van der Waals surface area contributed by atoms with Gasteiger partial charge in [0.2, 0.25) is 0 Å². The van der Waals surface area contributed by atoms with Gasteiger partial charge in [-0.15, -0.1) is 19.0 Å². The molecule has 4 N–H and O–H groups in total. The van der Waals surface area contributed by atoms with Crippen LogP contribution in [0.25, 0.3) is 0 Å². The van der Waals surface area contributed by atoms with Gasteiger partial charge < -0.3 is 15.9 Å². The molecule has 0 aliphatic rings. The number of aromatic hydroxyl groups is 2. The van der Waals surface area contributed by atoms with Crippen molar-refractivity contribution in [1.29, 1.82) is 0 Å². The zero-order valence-electron chi connectivity index (χ0n) is 6.97. The molecule has 1 rings (SSSR count). The molecule has 72 valence electrons. The van der Waals surface area contributed by atoms with Gasteiger partial charge in [-0.1, -0.05) is 6.08 Å². The first-order valence-corrected chi connectivity index (χ1v) is 3.55. The minimum atomic E-state index is -0.398. The Balaban J connectivity index is 0.00000144. The Kier molecular flexibility index (Phi) is 4.31. The van der Waals surface area contributed by atoms with Crippen LogP contribution in [0.4, 0.5) is 0 Å². The number of phenols is 2. The molecule has 1 aromatic carbocycles. The van der Waals surface area contributed by atoms with E-state index < -0.39 is 6.04 Å². The maximum absolute atomic E-state index is 9.31. The number of hydrogen-bond acceptors (Lipinski definition) is 3. The maximum Gasteiger partial charge on any atom is 0.124 e. The van der Waals surface area contributed by atoms with Gasteiger partial charge in [-0.05, 0) is 12.1 Å². The molecule has 4 heteroatoms. The summed E-state index contributed by atoms with van der Waals surface area (Å²) in [4.78, 5) is 0. The molecule has 0 heterocycles. The predicted molar refractivity (Wildman–Crippen MR) is 54.1 cm³/mol. The van der Waals surface area contributed by atoms with E-state index in [0.29, 0.717) is 5.56 Å². The van der Waals surface area contributed by atoms with E-state index in [9.17, 15) is 5.11 Å². The molecule has 0 aliphatic carbocycles. The highest BCUT2D eigenvalue weighted by atomic mass is 35.5. The van der Waals surface area contributed by atoms with Crippen LogP contribution in [0.2, 0.25) is 0 Å². The minimum absolute atomic E-state index is 0. The number of halogens is 1.